The largest absolute Gasteiger partial charge is 0.376 e. The van der Waals surface area contributed by atoms with Crippen LogP contribution in [0.3, 0.4) is 0 Å². The average molecular weight is 359 g/mol. The summed E-state index contributed by atoms with van der Waals surface area (Å²) in [4.78, 5) is 0. The zero-order valence-electron chi connectivity index (χ0n) is 17.4. The first-order chi connectivity index (χ1) is 12.5. The summed E-state index contributed by atoms with van der Waals surface area (Å²) in [5.74, 6) is 2.50. The monoisotopic (exact) mass is 358 g/mol. The van der Waals surface area contributed by atoms with Crippen LogP contribution in [0, 0.1) is 17.8 Å². The van der Waals surface area contributed by atoms with Crippen LogP contribution in [-0.4, -0.2) is 25.3 Å². The highest BCUT2D eigenvalue weighted by molar-refractivity contribution is 5.48. The summed E-state index contributed by atoms with van der Waals surface area (Å²) in [5, 5.41) is 2.46. The van der Waals surface area contributed by atoms with Gasteiger partial charge in [-0.05, 0) is 68.9 Å². The molecule has 0 amide bonds. The van der Waals surface area contributed by atoms with Gasteiger partial charge in [0.25, 0.3) is 0 Å². The second-order valence-corrected chi connectivity index (χ2v) is 9.01. The highest BCUT2D eigenvalue weighted by Crippen LogP contribution is 2.36. The molecule has 0 radical (unpaired) electrons. The quantitative estimate of drug-likeness (QED) is 0.591. The fourth-order valence-corrected chi connectivity index (χ4v) is 4.16. The van der Waals surface area contributed by atoms with Gasteiger partial charge in [-0.3, -0.25) is 0 Å². The summed E-state index contributed by atoms with van der Waals surface area (Å²) in [6.07, 6.45) is 11.1. The second kappa shape index (κ2) is 10.9. The Bertz CT molecular complexity index is 520. The van der Waals surface area contributed by atoms with E-state index in [-0.39, 0.29) is 5.60 Å². The van der Waals surface area contributed by atoms with Crippen LogP contribution >= 0.6 is 0 Å². The van der Waals surface area contributed by atoms with Gasteiger partial charge in [0.05, 0.1) is 18.7 Å². The molecule has 2 N–H and O–H groups in total. The molecule has 1 fully saturated rings. The van der Waals surface area contributed by atoms with E-state index in [9.17, 15) is 0 Å². The highest BCUT2D eigenvalue weighted by atomic mass is 16.5. The molecule has 1 aliphatic heterocycles. The van der Waals surface area contributed by atoms with E-state index < -0.39 is 0 Å². The Balaban J connectivity index is 1.76. The fraction of sp³-hybridized carbons (Fsp3) is 0.667. The molecule has 1 aromatic carbocycles. The molecule has 2 heteroatoms. The fourth-order valence-electron chi connectivity index (χ4n) is 4.16. The summed E-state index contributed by atoms with van der Waals surface area (Å²) in [7, 11) is 0. The molecule has 1 aliphatic rings. The smallest absolute Gasteiger partial charge is 0.0945 e. The van der Waals surface area contributed by atoms with Crippen LogP contribution in [0.2, 0.25) is 0 Å². The summed E-state index contributed by atoms with van der Waals surface area (Å²) >= 11 is 0. The van der Waals surface area contributed by atoms with E-state index in [1.54, 1.807) is 0 Å². The van der Waals surface area contributed by atoms with Crippen LogP contribution < -0.4 is 5.32 Å². The molecule has 0 spiro atoms. The predicted octanol–water partition coefficient (Wildman–Crippen LogP) is 4.91. The first kappa shape index (κ1) is 21.2. The maximum absolute atomic E-state index is 5.95. The second-order valence-electron chi connectivity index (χ2n) is 9.01. The number of ether oxygens (including phenoxy) is 1. The molecule has 2 nitrogen and oxygen atoms in total. The Morgan fingerprint density at radius 2 is 1.92 bits per heavy atom. The van der Waals surface area contributed by atoms with Crippen molar-refractivity contribution in [2.75, 3.05) is 19.7 Å². The lowest BCUT2D eigenvalue weighted by molar-refractivity contribution is -0.647. The van der Waals surface area contributed by atoms with Gasteiger partial charge < -0.3 is 10.1 Å². The number of hydrogen-bond donors (Lipinski definition) is 1. The number of hydrogen-bond acceptors (Lipinski definition) is 1. The van der Waals surface area contributed by atoms with Crippen LogP contribution in [0.25, 0.3) is 6.08 Å². The Kier molecular flexibility index (Phi) is 8.87. The number of nitrogens with two attached hydrogens (primary N) is 1. The van der Waals surface area contributed by atoms with Gasteiger partial charge >= 0.3 is 0 Å². The minimum absolute atomic E-state index is 0.0706. The maximum Gasteiger partial charge on any atom is 0.0945 e. The molecule has 1 saturated heterocycles. The zero-order chi connectivity index (χ0) is 18.8. The average Bonchev–Trinajstić information content (AvgIpc) is 2.60. The van der Waals surface area contributed by atoms with Crippen molar-refractivity contribution in [3.05, 3.63) is 42.0 Å². The Morgan fingerprint density at radius 1 is 1.15 bits per heavy atom. The van der Waals surface area contributed by atoms with E-state index in [0.717, 1.165) is 30.9 Å². The van der Waals surface area contributed by atoms with Gasteiger partial charge in [-0.2, -0.15) is 0 Å². The first-order valence-electron chi connectivity index (χ1n) is 10.6. The van der Waals surface area contributed by atoms with Gasteiger partial charge in [0.2, 0.25) is 0 Å². The molecular formula is C24H40NO+. The van der Waals surface area contributed by atoms with Gasteiger partial charge in [0, 0.05) is 6.61 Å². The molecule has 0 saturated carbocycles. The predicted molar refractivity (Wildman–Crippen MR) is 112 cm³/mol. The number of benzene rings is 1. The normalized spacial score (nSPS) is 21.3. The highest BCUT2D eigenvalue weighted by Gasteiger charge is 2.33. The van der Waals surface area contributed by atoms with Crippen LogP contribution in [0.4, 0.5) is 0 Å². The van der Waals surface area contributed by atoms with Crippen molar-refractivity contribution in [3.8, 4) is 0 Å². The lowest BCUT2D eigenvalue weighted by atomic mass is 9.75. The minimum Gasteiger partial charge on any atom is -0.376 e. The molecule has 1 heterocycles. The summed E-state index contributed by atoms with van der Waals surface area (Å²) in [5.41, 5.74) is 1.36. The van der Waals surface area contributed by atoms with E-state index in [4.69, 9.17) is 4.74 Å². The van der Waals surface area contributed by atoms with Gasteiger partial charge in [-0.25, -0.2) is 0 Å². The minimum atomic E-state index is 0.0706. The van der Waals surface area contributed by atoms with E-state index in [0.29, 0.717) is 0 Å². The van der Waals surface area contributed by atoms with Crippen molar-refractivity contribution in [2.24, 2.45) is 17.8 Å². The van der Waals surface area contributed by atoms with Gasteiger partial charge in [0.1, 0.15) is 0 Å². The van der Waals surface area contributed by atoms with E-state index in [1.807, 2.05) is 0 Å². The van der Waals surface area contributed by atoms with Crippen LogP contribution in [0.1, 0.15) is 65.4 Å². The van der Waals surface area contributed by atoms with E-state index >= 15 is 0 Å². The molecule has 26 heavy (non-hydrogen) atoms. The number of quaternary nitrogens is 1. The van der Waals surface area contributed by atoms with Crippen molar-refractivity contribution >= 4 is 6.08 Å². The van der Waals surface area contributed by atoms with Crippen molar-refractivity contribution < 1.29 is 10.1 Å². The third-order valence-electron chi connectivity index (χ3n) is 5.67. The standard InChI is InChI=1S/C24H39NO/c1-20(2)12-13-22(23-15-18-26-24(3,4)19-23)14-17-25-16-8-11-21-9-6-5-7-10-21/h5-11,20,22-23,25H,12-19H2,1-4H3/p+1/b11-8+/t22-,23+/m1/s1. The molecule has 146 valence electrons. The number of rotatable bonds is 10. The van der Waals surface area contributed by atoms with Crippen molar-refractivity contribution in [1.82, 2.24) is 0 Å². The summed E-state index contributed by atoms with van der Waals surface area (Å²) in [6.45, 7) is 12.5. The van der Waals surface area contributed by atoms with Crippen LogP contribution in [0.15, 0.2) is 36.4 Å². The third kappa shape index (κ3) is 8.05. The van der Waals surface area contributed by atoms with Gasteiger partial charge in [-0.15, -0.1) is 0 Å². The van der Waals surface area contributed by atoms with Crippen molar-refractivity contribution in [1.29, 1.82) is 0 Å². The molecule has 0 unspecified atom stereocenters. The SMILES string of the molecule is CC(C)CC[C@H](CC[NH2+]C/C=C/c1ccccc1)[C@H]1CCOC(C)(C)C1. The molecule has 0 aliphatic carbocycles. The Hall–Kier alpha value is -1.12. The van der Waals surface area contributed by atoms with Crippen molar-refractivity contribution in [3.63, 3.8) is 0 Å². The molecule has 1 aromatic rings. The Labute approximate surface area is 161 Å². The lowest BCUT2D eigenvalue weighted by Gasteiger charge is -2.39. The first-order valence-corrected chi connectivity index (χ1v) is 10.6. The summed E-state index contributed by atoms with van der Waals surface area (Å²) < 4.78 is 5.95. The van der Waals surface area contributed by atoms with Crippen LogP contribution in [0.5, 0.6) is 0 Å². The van der Waals surface area contributed by atoms with E-state index in [1.165, 1.54) is 44.2 Å². The van der Waals surface area contributed by atoms with Crippen LogP contribution in [-0.2, 0) is 4.74 Å². The molecule has 0 bridgehead atoms. The molecule has 0 aromatic heterocycles. The van der Waals surface area contributed by atoms with Crippen molar-refractivity contribution in [2.45, 2.75) is 65.4 Å². The third-order valence-corrected chi connectivity index (χ3v) is 5.67. The molecular weight excluding hydrogens is 318 g/mol. The zero-order valence-corrected chi connectivity index (χ0v) is 17.4. The van der Waals surface area contributed by atoms with E-state index in [2.05, 4.69) is 75.5 Å². The molecule has 2 rings (SSSR count). The summed E-state index contributed by atoms with van der Waals surface area (Å²) in [6, 6.07) is 10.6. The maximum atomic E-state index is 5.95. The lowest BCUT2D eigenvalue weighted by Crippen LogP contribution is -2.84. The Morgan fingerprint density at radius 3 is 2.62 bits per heavy atom. The van der Waals surface area contributed by atoms with Gasteiger partial charge in [-0.1, -0.05) is 56.7 Å². The molecule has 2 atom stereocenters. The van der Waals surface area contributed by atoms with Gasteiger partial charge in [0.15, 0.2) is 0 Å². The topological polar surface area (TPSA) is 25.8 Å².